The van der Waals surface area contributed by atoms with E-state index in [1.807, 2.05) is 29.2 Å². The number of halogens is 1. The molecule has 1 amide bonds. The van der Waals surface area contributed by atoms with E-state index in [1.54, 1.807) is 12.1 Å². The molecule has 8 heteroatoms. The molecule has 6 rings (SSSR count). The molecule has 7 nitrogen and oxygen atoms in total. The molecule has 1 aromatic heterocycles. The first kappa shape index (κ1) is 22.1. The van der Waals surface area contributed by atoms with Crippen LogP contribution in [0.4, 0.5) is 4.39 Å². The zero-order chi connectivity index (χ0) is 23.8. The zero-order valence-corrected chi connectivity index (χ0v) is 19.5. The minimum atomic E-state index is -0.304. The van der Waals surface area contributed by atoms with Crippen molar-refractivity contribution < 1.29 is 23.2 Å². The lowest BCUT2D eigenvalue weighted by Crippen LogP contribution is -2.51. The summed E-state index contributed by atoms with van der Waals surface area (Å²) in [6.07, 6.45) is 7.55. The van der Waals surface area contributed by atoms with Crippen LogP contribution < -0.4 is 9.47 Å². The summed E-state index contributed by atoms with van der Waals surface area (Å²) in [6, 6.07) is 10.6. The number of hydrogen-bond acceptors (Lipinski definition) is 6. The van der Waals surface area contributed by atoms with Crippen LogP contribution in [0.15, 0.2) is 47.0 Å². The minimum Gasteiger partial charge on any atom is -0.454 e. The van der Waals surface area contributed by atoms with E-state index in [1.165, 1.54) is 12.1 Å². The fourth-order valence-electron chi connectivity index (χ4n) is 5.30. The Balaban J connectivity index is 0.981. The number of nitrogens with zero attached hydrogens (tertiary/aromatic N) is 3. The zero-order valence-electron chi connectivity index (χ0n) is 19.5. The summed E-state index contributed by atoms with van der Waals surface area (Å²) in [7, 11) is 0. The van der Waals surface area contributed by atoms with Crippen molar-refractivity contribution in [3.05, 3.63) is 59.5 Å². The lowest BCUT2D eigenvalue weighted by Gasteiger charge is -2.42. The van der Waals surface area contributed by atoms with E-state index in [0.717, 1.165) is 80.0 Å². The third kappa shape index (κ3) is 4.50. The summed E-state index contributed by atoms with van der Waals surface area (Å²) in [4.78, 5) is 17.2. The minimum absolute atomic E-state index is 0.0620. The maximum Gasteiger partial charge on any atom is 0.246 e. The van der Waals surface area contributed by atoms with Crippen molar-refractivity contribution in [2.45, 2.75) is 37.6 Å². The Morgan fingerprint density at radius 2 is 1.91 bits per heavy atom. The molecule has 0 saturated carbocycles. The van der Waals surface area contributed by atoms with Gasteiger partial charge in [0.25, 0.3) is 0 Å². The first-order valence-corrected chi connectivity index (χ1v) is 12.3. The molecule has 3 aliphatic rings. The predicted octanol–water partition coefficient (Wildman–Crippen LogP) is 4.58. The Morgan fingerprint density at radius 3 is 2.74 bits per heavy atom. The largest absolute Gasteiger partial charge is 0.454 e. The topological polar surface area (TPSA) is 68.0 Å². The van der Waals surface area contributed by atoms with Gasteiger partial charge in [-0.25, -0.2) is 4.39 Å². The first-order valence-electron chi connectivity index (χ1n) is 12.3. The fraction of sp³-hybridized carbons (Fsp3) is 0.407. The Morgan fingerprint density at radius 1 is 1.06 bits per heavy atom. The Bertz CT molecular complexity index is 1260. The van der Waals surface area contributed by atoms with Crippen LogP contribution in [0.5, 0.6) is 11.5 Å². The summed E-state index contributed by atoms with van der Waals surface area (Å²) < 4.78 is 29.5. The van der Waals surface area contributed by atoms with Crippen molar-refractivity contribution in [3.63, 3.8) is 0 Å². The first-order chi connectivity index (χ1) is 17.1. The second kappa shape index (κ2) is 9.34. The molecule has 0 radical (unpaired) electrons. The molecule has 4 heterocycles. The molecule has 0 bridgehead atoms. The summed E-state index contributed by atoms with van der Waals surface area (Å²) in [5.74, 6) is 1.55. The maximum absolute atomic E-state index is 13.4. The van der Waals surface area contributed by atoms with E-state index in [-0.39, 0.29) is 18.5 Å². The smallest absolute Gasteiger partial charge is 0.246 e. The van der Waals surface area contributed by atoms with Crippen molar-refractivity contribution in [3.8, 4) is 11.5 Å². The van der Waals surface area contributed by atoms with Gasteiger partial charge in [-0.15, -0.1) is 0 Å². The van der Waals surface area contributed by atoms with Crippen LogP contribution in [-0.2, 0) is 4.79 Å². The molecule has 3 aliphatic heterocycles. The van der Waals surface area contributed by atoms with Crippen molar-refractivity contribution >= 4 is 23.0 Å². The van der Waals surface area contributed by atoms with Gasteiger partial charge in [-0.3, -0.25) is 4.79 Å². The highest BCUT2D eigenvalue weighted by molar-refractivity contribution is 5.92. The van der Waals surface area contributed by atoms with Crippen LogP contribution in [0, 0.1) is 5.82 Å². The standard InChI is InChI=1S/C27H28FN3O4/c28-20-3-4-22-24(16-20)35-29-27(22)19-7-11-30(12-8-19)13-9-21-10-14-31(21)26(32)6-2-18-1-5-23-25(15-18)34-17-33-23/h1-6,15-16,19,21H,7-14,17H2/b6-2+/t21-/m1/s1. The second-order valence-corrected chi connectivity index (χ2v) is 9.53. The molecule has 2 aromatic carbocycles. The summed E-state index contributed by atoms with van der Waals surface area (Å²) in [6.45, 7) is 4.03. The SMILES string of the molecule is O=C(/C=C/c1ccc2c(c1)OCO2)N1CC[C@H]1CCN1CCC(c2noc3cc(F)ccc23)CC1. The maximum atomic E-state index is 13.4. The fourth-order valence-corrected chi connectivity index (χ4v) is 5.30. The van der Waals surface area contributed by atoms with Gasteiger partial charge in [0, 0.05) is 42.6 Å². The molecule has 0 spiro atoms. The van der Waals surface area contributed by atoms with Gasteiger partial charge in [-0.2, -0.15) is 0 Å². The number of likely N-dealkylation sites (tertiary alicyclic amines) is 2. The number of aromatic nitrogens is 1. The molecule has 2 fully saturated rings. The summed E-state index contributed by atoms with van der Waals surface area (Å²) in [5, 5.41) is 5.16. The molecular formula is C27H28FN3O4. The molecule has 0 unspecified atom stereocenters. The van der Waals surface area contributed by atoms with Crippen molar-refractivity contribution in [1.82, 2.24) is 15.0 Å². The quantitative estimate of drug-likeness (QED) is 0.484. The number of rotatable bonds is 6. The van der Waals surface area contributed by atoms with Gasteiger partial charge in [0.15, 0.2) is 17.1 Å². The van der Waals surface area contributed by atoms with Gasteiger partial charge in [-0.1, -0.05) is 11.2 Å². The number of amides is 1. The van der Waals surface area contributed by atoms with Crippen LogP contribution in [0.3, 0.4) is 0 Å². The van der Waals surface area contributed by atoms with Gasteiger partial charge in [-0.05, 0) is 74.7 Å². The number of carbonyl (C=O) groups is 1. The second-order valence-electron chi connectivity index (χ2n) is 9.53. The monoisotopic (exact) mass is 477 g/mol. The van der Waals surface area contributed by atoms with Crippen LogP contribution >= 0.6 is 0 Å². The molecule has 35 heavy (non-hydrogen) atoms. The van der Waals surface area contributed by atoms with Crippen LogP contribution in [0.25, 0.3) is 17.0 Å². The van der Waals surface area contributed by atoms with Crippen LogP contribution in [-0.4, -0.2) is 59.9 Å². The van der Waals surface area contributed by atoms with E-state index < -0.39 is 0 Å². The lowest BCUT2D eigenvalue weighted by molar-refractivity contribution is -0.133. The molecule has 3 aromatic rings. The highest BCUT2D eigenvalue weighted by atomic mass is 19.1. The molecule has 2 saturated heterocycles. The third-order valence-corrected chi connectivity index (χ3v) is 7.46. The summed E-state index contributed by atoms with van der Waals surface area (Å²) >= 11 is 0. The Hall–Kier alpha value is -3.39. The number of benzene rings is 2. The third-order valence-electron chi connectivity index (χ3n) is 7.46. The van der Waals surface area contributed by atoms with Gasteiger partial charge < -0.3 is 23.8 Å². The van der Waals surface area contributed by atoms with E-state index >= 15 is 0 Å². The Labute approximate surface area is 203 Å². The number of piperidine rings is 1. The van der Waals surface area contributed by atoms with E-state index in [4.69, 9.17) is 14.0 Å². The normalized spacial score (nSPS) is 20.6. The number of fused-ring (bicyclic) bond motifs is 2. The molecule has 0 N–H and O–H groups in total. The van der Waals surface area contributed by atoms with Gasteiger partial charge in [0.1, 0.15) is 5.82 Å². The summed E-state index contributed by atoms with van der Waals surface area (Å²) in [5.41, 5.74) is 2.39. The highest BCUT2D eigenvalue weighted by Crippen LogP contribution is 2.34. The van der Waals surface area contributed by atoms with Crippen LogP contribution in [0.2, 0.25) is 0 Å². The van der Waals surface area contributed by atoms with Crippen LogP contribution in [0.1, 0.15) is 42.9 Å². The van der Waals surface area contributed by atoms with Crippen molar-refractivity contribution in [1.29, 1.82) is 0 Å². The van der Waals surface area contributed by atoms with Crippen molar-refractivity contribution in [2.24, 2.45) is 0 Å². The molecular weight excluding hydrogens is 449 g/mol. The predicted molar refractivity (Wildman–Crippen MR) is 129 cm³/mol. The van der Waals surface area contributed by atoms with E-state index in [9.17, 15) is 9.18 Å². The number of carbonyl (C=O) groups excluding carboxylic acids is 1. The molecule has 1 atom stereocenters. The van der Waals surface area contributed by atoms with E-state index in [0.29, 0.717) is 17.5 Å². The van der Waals surface area contributed by atoms with E-state index in [2.05, 4.69) is 10.1 Å². The van der Waals surface area contributed by atoms with Gasteiger partial charge in [0.05, 0.1) is 5.69 Å². The number of ether oxygens (including phenoxy) is 2. The average molecular weight is 478 g/mol. The lowest BCUT2D eigenvalue weighted by atomic mass is 9.91. The number of hydrogen-bond donors (Lipinski definition) is 0. The molecule has 0 aliphatic carbocycles. The van der Waals surface area contributed by atoms with Crippen molar-refractivity contribution in [2.75, 3.05) is 33.0 Å². The molecule has 182 valence electrons. The Kier molecular flexibility index (Phi) is 5.90. The van der Waals surface area contributed by atoms with Gasteiger partial charge in [0.2, 0.25) is 12.7 Å². The average Bonchev–Trinajstić information content (AvgIpc) is 3.49. The highest BCUT2D eigenvalue weighted by Gasteiger charge is 2.32. The van der Waals surface area contributed by atoms with Gasteiger partial charge >= 0.3 is 0 Å².